The van der Waals surface area contributed by atoms with Crippen LogP contribution >= 0.6 is 0 Å². The fraction of sp³-hybridized carbons (Fsp3) is 0.526. The van der Waals surface area contributed by atoms with E-state index in [4.69, 9.17) is 4.74 Å². The van der Waals surface area contributed by atoms with Gasteiger partial charge in [-0.3, -0.25) is 9.59 Å². The summed E-state index contributed by atoms with van der Waals surface area (Å²) >= 11 is 0. The Morgan fingerprint density at radius 2 is 1.84 bits per heavy atom. The first-order chi connectivity index (χ1) is 11.8. The number of aliphatic carboxylic acids is 1. The topological polar surface area (TPSA) is 83.9 Å². The van der Waals surface area contributed by atoms with Gasteiger partial charge in [0.1, 0.15) is 11.3 Å². The Morgan fingerprint density at radius 1 is 1.20 bits per heavy atom. The van der Waals surface area contributed by atoms with E-state index in [1.54, 1.807) is 31.2 Å². The lowest BCUT2D eigenvalue weighted by Gasteiger charge is -2.41. The smallest absolute Gasteiger partial charge is 0.329 e. The zero-order valence-corrected chi connectivity index (χ0v) is 14.9. The molecule has 6 heteroatoms. The number of carbonyl (C=O) groups excluding carboxylic acids is 2. The molecule has 1 aromatic carbocycles. The van der Waals surface area contributed by atoms with Crippen LogP contribution in [0.25, 0.3) is 0 Å². The summed E-state index contributed by atoms with van der Waals surface area (Å²) in [4.78, 5) is 37.4. The minimum absolute atomic E-state index is 0.0893. The van der Waals surface area contributed by atoms with Gasteiger partial charge in [-0.2, -0.15) is 0 Å². The van der Waals surface area contributed by atoms with Crippen molar-refractivity contribution in [2.24, 2.45) is 0 Å². The molecule has 1 aliphatic rings. The van der Waals surface area contributed by atoms with Crippen molar-refractivity contribution < 1.29 is 24.2 Å². The predicted molar refractivity (Wildman–Crippen MR) is 92.8 cm³/mol. The van der Waals surface area contributed by atoms with E-state index in [1.807, 2.05) is 0 Å². The minimum Gasteiger partial charge on any atom is -0.481 e. The third-order valence-corrected chi connectivity index (χ3v) is 4.95. The van der Waals surface area contributed by atoms with Crippen LogP contribution in [0.5, 0.6) is 5.75 Å². The molecule has 0 radical (unpaired) electrons. The Labute approximate surface area is 147 Å². The van der Waals surface area contributed by atoms with Gasteiger partial charge in [0.25, 0.3) is 5.91 Å². The molecule has 0 spiro atoms. The maximum Gasteiger partial charge on any atom is 0.329 e. The summed E-state index contributed by atoms with van der Waals surface area (Å²) in [6, 6.07) is 6.62. The summed E-state index contributed by atoms with van der Waals surface area (Å²) in [5.74, 6) is -1.02. The van der Waals surface area contributed by atoms with Crippen molar-refractivity contribution >= 4 is 17.7 Å². The number of ether oxygens (including phenoxy) is 1. The molecule has 1 N–H and O–H groups in total. The van der Waals surface area contributed by atoms with E-state index in [0.717, 1.165) is 19.3 Å². The van der Waals surface area contributed by atoms with Gasteiger partial charge >= 0.3 is 5.97 Å². The maximum atomic E-state index is 12.7. The molecule has 6 nitrogen and oxygen atoms in total. The number of carboxylic acid groups (broad SMARTS) is 1. The monoisotopic (exact) mass is 347 g/mol. The van der Waals surface area contributed by atoms with E-state index in [-0.39, 0.29) is 11.7 Å². The molecule has 2 rings (SSSR count). The molecule has 1 saturated carbocycles. The third kappa shape index (κ3) is 4.00. The fourth-order valence-corrected chi connectivity index (χ4v) is 3.36. The Balaban J connectivity index is 2.14. The number of ketones is 1. The highest BCUT2D eigenvalue weighted by molar-refractivity contribution is 5.94. The van der Waals surface area contributed by atoms with Gasteiger partial charge in [-0.15, -0.1) is 0 Å². The lowest BCUT2D eigenvalue weighted by atomic mass is 9.80. The van der Waals surface area contributed by atoms with Crippen LogP contribution in [0.2, 0.25) is 0 Å². The van der Waals surface area contributed by atoms with Crippen molar-refractivity contribution in [1.29, 1.82) is 0 Å². The number of hydrogen-bond donors (Lipinski definition) is 1. The lowest BCUT2D eigenvalue weighted by molar-refractivity contribution is -0.162. The number of amides is 1. The summed E-state index contributed by atoms with van der Waals surface area (Å²) in [6.45, 7) is 3.05. The van der Waals surface area contributed by atoms with Gasteiger partial charge in [0.05, 0.1) is 0 Å². The molecular weight excluding hydrogens is 322 g/mol. The van der Waals surface area contributed by atoms with Crippen molar-refractivity contribution in [2.75, 3.05) is 7.05 Å². The average molecular weight is 347 g/mol. The van der Waals surface area contributed by atoms with E-state index < -0.39 is 17.6 Å². The van der Waals surface area contributed by atoms with E-state index in [0.29, 0.717) is 24.2 Å². The van der Waals surface area contributed by atoms with Gasteiger partial charge in [-0.25, -0.2) is 4.79 Å². The molecule has 1 atom stereocenters. The average Bonchev–Trinajstić information content (AvgIpc) is 2.61. The minimum atomic E-state index is -1.16. The summed E-state index contributed by atoms with van der Waals surface area (Å²) in [5, 5.41) is 9.70. The lowest BCUT2D eigenvalue weighted by Crippen LogP contribution is -2.58. The second kappa shape index (κ2) is 7.68. The van der Waals surface area contributed by atoms with Gasteiger partial charge < -0.3 is 14.7 Å². The van der Waals surface area contributed by atoms with Crippen LogP contribution in [-0.4, -0.2) is 46.4 Å². The van der Waals surface area contributed by atoms with Crippen LogP contribution in [0.1, 0.15) is 56.3 Å². The highest BCUT2D eigenvalue weighted by Crippen LogP contribution is 2.34. The van der Waals surface area contributed by atoms with E-state index in [9.17, 15) is 19.5 Å². The zero-order valence-electron chi connectivity index (χ0n) is 14.9. The van der Waals surface area contributed by atoms with Crippen molar-refractivity contribution in [2.45, 2.75) is 57.6 Å². The number of carbonyl (C=O) groups is 3. The highest BCUT2D eigenvalue weighted by atomic mass is 16.5. The van der Waals surface area contributed by atoms with Crippen molar-refractivity contribution in [1.82, 2.24) is 4.90 Å². The van der Waals surface area contributed by atoms with Gasteiger partial charge in [-0.05, 0) is 38.8 Å². The van der Waals surface area contributed by atoms with E-state index in [1.165, 1.54) is 18.9 Å². The van der Waals surface area contributed by atoms with Gasteiger partial charge in [0.15, 0.2) is 11.9 Å². The van der Waals surface area contributed by atoms with Gasteiger partial charge in [0.2, 0.25) is 0 Å². The van der Waals surface area contributed by atoms with E-state index >= 15 is 0 Å². The van der Waals surface area contributed by atoms with E-state index in [2.05, 4.69) is 0 Å². The summed E-state index contributed by atoms with van der Waals surface area (Å²) in [7, 11) is 1.54. The molecule has 0 aromatic heterocycles. The molecule has 1 fully saturated rings. The number of nitrogens with zero attached hydrogens (tertiary/aromatic N) is 1. The fourth-order valence-electron chi connectivity index (χ4n) is 3.36. The molecule has 0 bridgehead atoms. The molecule has 0 aliphatic heterocycles. The third-order valence-electron chi connectivity index (χ3n) is 4.95. The number of likely N-dealkylation sites (N-methyl/N-ethyl adjacent to an activating group) is 1. The SMILES string of the molecule is CC(=O)c1cccc(OC(C)C(=O)N(C)C2(C(=O)O)CCCCC2)c1. The van der Waals surface area contributed by atoms with Gasteiger partial charge in [0, 0.05) is 12.6 Å². The Hall–Kier alpha value is -2.37. The highest BCUT2D eigenvalue weighted by Gasteiger charge is 2.46. The molecule has 25 heavy (non-hydrogen) atoms. The first-order valence-electron chi connectivity index (χ1n) is 8.56. The van der Waals surface area contributed by atoms with Crippen molar-refractivity contribution in [3.63, 3.8) is 0 Å². The molecule has 1 unspecified atom stereocenters. The number of rotatable bonds is 6. The Morgan fingerprint density at radius 3 is 2.40 bits per heavy atom. The maximum absolute atomic E-state index is 12.7. The molecule has 1 aromatic rings. The summed E-state index contributed by atoms with van der Waals surface area (Å²) in [6.07, 6.45) is 2.64. The Kier molecular flexibility index (Phi) is 5.82. The van der Waals surface area contributed by atoms with Crippen LogP contribution < -0.4 is 4.74 Å². The second-order valence-corrected chi connectivity index (χ2v) is 6.64. The van der Waals surface area contributed by atoms with Crippen LogP contribution in [0.3, 0.4) is 0 Å². The summed E-state index contributed by atoms with van der Waals surface area (Å²) in [5.41, 5.74) is -0.659. The van der Waals surface area contributed by atoms with Crippen LogP contribution in [0, 0.1) is 0 Å². The number of Topliss-reactive ketones (excluding diaryl/α,β-unsaturated/α-hetero) is 1. The normalized spacial score (nSPS) is 17.4. The van der Waals surface area contributed by atoms with Gasteiger partial charge in [-0.1, -0.05) is 31.4 Å². The molecule has 1 amide bonds. The predicted octanol–water partition coefficient (Wildman–Crippen LogP) is 2.90. The van der Waals surface area contributed by atoms with Crippen LogP contribution in [-0.2, 0) is 9.59 Å². The molecular formula is C19H25NO5. The second-order valence-electron chi connectivity index (χ2n) is 6.64. The van der Waals surface area contributed by atoms with Crippen LogP contribution in [0.4, 0.5) is 0 Å². The Bertz CT molecular complexity index is 664. The van der Waals surface area contributed by atoms with Crippen molar-refractivity contribution in [3.8, 4) is 5.75 Å². The molecule has 136 valence electrons. The first-order valence-corrected chi connectivity index (χ1v) is 8.56. The quantitative estimate of drug-likeness (QED) is 0.800. The molecule has 0 heterocycles. The number of benzene rings is 1. The molecule has 0 saturated heterocycles. The number of carboxylic acids is 1. The largest absolute Gasteiger partial charge is 0.481 e. The summed E-state index contributed by atoms with van der Waals surface area (Å²) < 4.78 is 5.67. The van der Waals surface area contributed by atoms with Crippen LogP contribution in [0.15, 0.2) is 24.3 Å². The molecule has 1 aliphatic carbocycles. The first kappa shape index (κ1) is 19.0. The zero-order chi connectivity index (χ0) is 18.6. The standard InChI is InChI=1S/C19H25NO5/c1-13(21)15-8-7-9-16(12-15)25-14(2)17(22)20(3)19(18(23)24)10-5-4-6-11-19/h7-9,12,14H,4-6,10-11H2,1-3H3,(H,23,24). The number of hydrogen-bond acceptors (Lipinski definition) is 4. The van der Waals surface area contributed by atoms with Crippen molar-refractivity contribution in [3.05, 3.63) is 29.8 Å².